The van der Waals surface area contributed by atoms with Gasteiger partial charge in [-0.1, -0.05) is 22.0 Å². The number of nitrogens with one attached hydrogen (secondary N) is 2. The fraction of sp³-hybridized carbons (Fsp3) is 0.333. The van der Waals surface area contributed by atoms with Crippen LogP contribution >= 0.6 is 27.3 Å². The van der Waals surface area contributed by atoms with Gasteiger partial charge in [-0.3, -0.25) is 9.59 Å². The Balaban J connectivity index is 1.70. The molecule has 0 unspecified atom stereocenters. The number of carbonyl (C=O) groups is 2. The van der Waals surface area contributed by atoms with Crippen molar-refractivity contribution in [2.75, 3.05) is 13.1 Å². The van der Waals surface area contributed by atoms with E-state index in [1.165, 1.54) is 0 Å². The van der Waals surface area contributed by atoms with Gasteiger partial charge in [-0.2, -0.15) is 0 Å². The Bertz CT molecular complexity index is 682. The third-order valence-electron chi connectivity index (χ3n) is 3.74. The van der Waals surface area contributed by atoms with Gasteiger partial charge in [0.05, 0.1) is 5.41 Å². The highest BCUT2D eigenvalue weighted by molar-refractivity contribution is 9.10. The first kappa shape index (κ1) is 18.7. The quantitative estimate of drug-likeness (QED) is 0.685. The van der Waals surface area contributed by atoms with Crippen LogP contribution in [-0.2, 0) is 10.2 Å². The smallest absolute Gasteiger partial charge is 0.251 e. The molecule has 0 aliphatic carbocycles. The minimum absolute atomic E-state index is 0.00388. The van der Waals surface area contributed by atoms with Crippen LogP contribution < -0.4 is 10.6 Å². The van der Waals surface area contributed by atoms with Crippen molar-refractivity contribution in [2.45, 2.75) is 25.7 Å². The van der Waals surface area contributed by atoms with Crippen LogP contribution in [0.4, 0.5) is 0 Å². The average Bonchev–Trinajstić information content (AvgIpc) is 3.10. The Hall–Kier alpha value is -1.66. The molecule has 24 heavy (non-hydrogen) atoms. The van der Waals surface area contributed by atoms with Crippen LogP contribution in [0.5, 0.6) is 0 Å². The van der Waals surface area contributed by atoms with Crippen LogP contribution in [0.25, 0.3) is 0 Å². The molecule has 0 radical (unpaired) electrons. The molecule has 128 valence electrons. The van der Waals surface area contributed by atoms with E-state index in [4.69, 9.17) is 0 Å². The van der Waals surface area contributed by atoms with Crippen molar-refractivity contribution in [3.8, 4) is 0 Å². The maximum atomic E-state index is 12.3. The number of carbonyl (C=O) groups excluding carboxylic acids is 2. The second-order valence-corrected chi connectivity index (χ2v) is 7.84. The summed E-state index contributed by atoms with van der Waals surface area (Å²) < 4.78 is 0.940. The third kappa shape index (κ3) is 4.92. The monoisotopic (exact) mass is 408 g/mol. The van der Waals surface area contributed by atoms with Crippen LogP contribution in [0.3, 0.4) is 0 Å². The van der Waals surface area contributed by atoms with Crippen molar-refractivity contribution in [2.24, 2.45) is 0 Å². The van der Waals surface area contributed by atoms with Gasteiger partial charge < -0.3 is 10.6 Å². The molecule has 1 aromatic carbocycles. The lowest BCUT2D eigenvalue weighted by atomic mass is 9.90. The minimum Gasteiger partial charge on any atom is -0.355 e. The Morgan fingerprint density at radius 2 is 1.75 bits per heavy atom. The summed E-state index contributed by atoms with van der Waals surface area (Å²) in [7, 11) is 0. The Morgan fingerprint density at radius 3 is 2.38 bits per heavy atom. The molecule has 4 nitrogen and oxygen atoms in total. The third-order valence-corrected chi connectivity index (χ3v) is 5.46. The molecule has 2 aromatic rings. The Morgan fingerprint density at radius 1 is 1.08 bits per heavy atom. The van der Waals surface area contributed by atoms with E-state index >= 15 is 0 Å². The van der Waals surface area contributed by atoms with Crippen molar-refractivity contribution in [1.82, 2.24) is 10.6 Å². The van der Waals surface area contributed by atoms with Gasteiger partial charge in [-0.25, -0.2) is 0 Å². The van der Waals surface area contributed by atoms with Gasteiger partial charge in [0.15, 0.2) is 0 Å². The first-order valence-corrected chi connectivity index (χ1v) is 9.44. The lowest BCUT2D eigenvalue weighted by molar-refractivity contribution is -0.125. The van der Waals surface area contributed by atoms with Gasteiger partial charge in [0.2, 0.25) is 5.91 Å². The molecule has 0 aliphatic rings. The van der Waals surface area contributed by atoms with Gasteiger partial charge in [-0.05, 0) is 56.0 Å². The number of hydrogen-bond donors (Lipinski definition) is 2. The summed E-state index contributed by atoms with van der Waals surface area (Å²) in [4.78, 5) is 25.3. The molecule has 0 atom stereocenters. The summed E-state index contributed by atoms with van der Waals surface area (Å²) in [5, 5.41) is 7.77. The summed E-state index contributed by atoms with van der Waals surface area (Å²) in [5.74, 6) is -0.100. The van der Waals surface area contributed by atoms with Gasteiger partial charge >= 0.3 is 0 Å². The molecule has 1 heterocycles. The van der Waals surface area contributed by atoms with Gasteiger partial charge in [-0.15, -0.1) is 11.3 Å². The summed E-state index contributed by atoms with van der Waals surface area (Å²) >= 11 is 4.92. The molecule has 2 rings (SSSR count). The van der Waals surface area contributed by atoms with Crippen molar-refractivity contribution in [3.05, 3.63) is 56.7 Å². The summed E-state index contributed by atoms with van der Waals surface area (Å²) in [6, 6.07) is 11.1. The largest absolute Gasteiger partial charge is 0.355 e. The fourth-order valence-electron chi connectivity index (χ4n) is 2.16. The standard InChI is InChI=1S/C18H21BrN2O2S/c1-18(2,15-5-3-12-24-15)17(23)21-11-4-10-20-16(22)13-6-8-14(19)9-7-13/h3,5-9,12H,4,10-11H2,1-2H3,(H,20,22)(H,21,23). The molecule has 2 amide bonds. The maximum absolute atomic E-state index is 12.3. The molecule has 2 N–H and O–H groups in total. The van der Waals surface area contributed by atoms with Gasteiger partial charge in [0, 0.05) is 28.0 Å². The van der Waals surface area contributed by atoms with Gasteiger partial charge in [0.1, 0.15) is 0 Å². The molecule has 0 spiro atoms. The predicted molar refractivity (Wildman–Crippen MR) is 101 cm³/mol. The van der Waals surface area contributed by atoms with E-state index in [9.17, 15) is 9.59 Å². The minimum atomic E-state index is -0.533. The molecule has 0 saturated heterocycles. The van der Waals surface area contributed by atoms with E-state index in [0.29, 0.717) is 25.1 Å². The van der Waals surface area contributed by atoms with E-state index < -0.39 is 5.41 Å². The predicted octanol–water partition coefficient (Wildman–Crippen LogP) is 3.72. The SMILES string of the molecule is CC(C)(C(=O)NCCCNC(=O)c1ccc(Br)cc1)c1cccs1. The number of amides is 2. The highest BCUT2D eigenvalue weighted by Gasteiger charge is 2.30. The molecular weight excluding hydrogens is 388 g/mol. The molecule has 0 fully saturated rings. The van der Waals surface area contributed by atoms with Crippen LogP contribution in [0, 0.1) is 0 Å². The second kappa shape index (κ2) is 8.44. The van der Waals surface area contributed by atoms with Crippen LogP contribution in [0.15, 0.2) is 46.3 Å². The van der Waals surface area contributed by atoms with Crippen molar-refractivity contribution in [3.63, 3.8) is 0 Å². The lowest BCUT2D eigenvalue weighted by Gasteiger charge is -2.22. The molecule has 0 saturated carbocycles. The summed E-state index contributed by atoms with van der Waals surface area (Å²) in [6.45, 7) is 4.90. The van der Waals surface area contributed by atoms with Crippen LogP contribution in [-0.4, -0.2) is 24.9 Å². The van der Waals surface area contributed by atoms with E-state index in [1.807, 2.05) is 43.5 Å². The Kier molecular flexibility index (Phi) is 6.57. The first-order valence-electron chi connectivity index (χ1n) is 7.77. The van der Waals surface area contributed by atoms with E-state index in [0.717, 1.165) is 9.35 Å². The summed E-state index contributed by atoms with van der Waals surface area (Å²) in [6.07, 6.45) is 0.689. The molecule has 0 bridgehead atoms. The highest BCUT2D eigenvalue weighted by Crippen LogP contribution is 2.27. The molecular formula is C18H21BrN2O2S. The zero-order valence-electron chi connectivity index (χ0n) is 13.8. The number of halogens is 1. The van der Waals surface area contributed by atoms with E-state index in [-0.39, 0.29) is 11.8 Å². The molecule has 0 aliphatic heterocycles. The topological polar surface area (TPSA) is 58.2 Å². The number of thiophene rings is 1. The average molecular weight is 409 g/mol. The van der Waals surface area contributed by atoms with Crippen molar-refractivity contribution < 1.29 is 9.59 Å². The normalized spacial score (nSPS) is 11.1. The number of benzene rings is 1. The maximum Gasteiger partial charge on any atom is 0.251 e. The summed E-state index contributed by atoms with van der Waals surface area (Å²) in [5.41, 5.74) is 0.0931. The lowest BCUT2D eigenvalue weighted by Crippen LogP contribution is -2.40. The zero-order valence-corrected chi connectivity index (χ0v) is 16.2. The fourth-order valence-corrected chi connectivity index (χ4v) is 3.28. The molecule has 1 aromatic heterocycles. The first-order chi connectivity index (χ1) is 11.4. The Labute approximate surface area is 154 Å². The molecule has 6 heteroatoms. The number of hydrogen-bond acceptors (Lipinski definition) is 3. The van der Waals surface area contributed by atoms with Crippen molar-refractivity contribution >= 4 is 39.1 Å². The van der Waals surface area contributed by atoms with Gasteiger partial charge in [0.25, 0.3) is 5.91 Å². The van der Waals surface area contributed by atoms with Crippen molar-refractivity contribution in [1.29, 1.82) is 0 Å². The van der Waals surface area contributed by atoms with Crippen LogP contribution in [0.1, 0.15) is 35.5 Å². The highest BCUT2D eigenvalue weighted by atomic mass is 79.9. The van der Waals surface area contributed by atoms with E-state index in [1.54, 1.807) is 23.5 Å². The second-order valence-electron chi connectivity index (χ2n) is 5.97. The number of rotatable bonds is 7. The van der Waals surface area contributed by atoms with E-state index in [2.05, 4.69) is 26.6 Å². The van der Waals surface area contributed by atoms with Crippen LogP contribution in [0.2, 0.25) is 0 Å². The zero-order chi connectivity index (χ0) is 17.6.